The van der Waals surface area contributed by atoms with Gasteiger partial charge in [0.05, 0.1) is 28.5 Å². The molecular formula is C18H21ClN4O3. The summed E-state index contributed by atoms with van der Waals surface area (Å²) in [4.78, 5) is 30.1. The van der Waals surface area contributed by atoms with Gasteiger partial charge >= 0.3 is 6.09 Å². The predicted molar refractivity (Wildman–Crippen MR) is 97.8 cm³/mol. The van der Waals surface area contributed by atoms with E-state index in [0.29, 0.717) is 24.5 Å². The minimum Gasteiger partial charge on any atom is -0.444 e. The molecule has 26 heavy (non-hydrogen) atoms. The van der Waals surface area contributed by atoms with Crippen molar-refractivity contribution in [2.24, 2.45) is 5.73 Å². The third-order valence-corrected chi connectivity index (χ3v) is 4.45. The van der Waals surface area contributed by atoms with Crippen LogP contribution in [0.3, 0.4) is 0 Å². The molecule has 0 spiro atoms. The highest BCUT2D eigenvalue weighted by molar-refractivity contribution is 6.36. The summed E-state index contributed by atoms with van der Waals surface area (Å²) in [6, 6.07) is 3.66. The third-order valence-electron chi connectivity index (χ3n) is 4.08. The van der Waals surface area contributed by atoms with E-state index >= 15 is 0 Å². The molecule has 138 valence electrons. The molecule has 1 aliphatic heterocycles. The lowest BCUT2D eigenvalue weighted by atomic mass is 10.1. The molecule has 2 aromatic heterocycles. The van der Waals surface area contributed by atoms with Gasteiger partial charge in [0, 0.05) is 31.0 Å². The summed E-state index contributed by atoms with van der Waals surface area (Å²) in [6.45, 7) is 6.55. The summed E-state index contributed by atoms with van der Waals surface area (Å²) in [7, 11) is 0. The Hall–Kier alpha value is -2.54. The number of aromatic nitrogens is 2. The molecule has 0 fully saturated rings. The number of pyridine rings is 1. The summed E-state index contributed by atoms with van der Waals surface area (Å²) >= 11 is 6.50. The van der Waals surface area contributed by atoms with Crippen molar-refractivity contribution in [1.29, 1.82) is 0 Å². The second-order valence-corrected chi connectivity index (χ2v) is 7.52. The molecule has 2 aromatic rings. The molecule has 2 N–H and O–H groups in total. The van der Waals surface area contributed by atoms with Crippen LogP contribution in [0.1, 0.15) is 36.8 Å². The minimum absolute atomic E-state index is 0.202. The van der Waals surface area contributed by atoms with Crippen LogP contribution in [0.5, 0.6) is 0 Å². The monoisotopic (exact) mass is 376 g/mol. The van der Waals surface area contributed by atoms with E-state index in [1.165, 1.54) is 0 Å². The summed E-state index contributed by atoms with van der Waals surface area (Å²) in [5.74, 6) is -0.625. The van der Waals surface area contributed by atoms with Crippen molar-refractivity contribution >= 4 is 23.6 Å². The Morgan fingerprint density at radius 1 is 1.31 bits per heavy atom. The minimum atomic E-state index is -0.625. The molecule has 0 aliphatic carbocycles. The van der Waals surface area contributed by atoms with Crippen molar-refractivity contribution < 1.29 is 14.3 Å². The first-order valence-electron chi connectivity index (χ1n) is 8.28. The Kier molecular flexibility index (Phi) is 4.66. The molecule has 8 heteroatoms. The van der Waals surface area contributed by atoms with E-state index in [4.69, 9.17) is 22.1 Å². The fourth-order valence-corrected chi connectivity index (χ4v) is 3.46. The number of fused-ring (bicyclic) bond motifs is 1. The van der Waals surface area contributed by atoms with Gasteiger partial charge < -0.3 is 19.9 Å². The Morgan fingerprint density at radius 2 is 2.04 bits per heavy atom. The quantitative estimate of drug-likeness (QED) is 0.872. The normalized spacial score (nSPS) is 14.1. The Morgan fingerprint density at radius 3 is 2.62 bits per heavy atom. The molecule has 0 atom stereocenters. The second-order valence-electron chi connectivity index (χ2n) is 7.14. The van der Waals surface area contributed by atoms with Crippen LogP contribution in [0.2, 0.25) is 5.02 Å². The van der Waals surface area contributed by atoms with Gasteiger partial charge in [-0.2, -0.15) is 0 Å². The van der Waals surface area contributed by atoms with Gasteiger partial charge in [-0.05, 0) is 32.9 Å². The van der Waals surface area contributed by atoms with Gasteiger partial charge in [0.2, 0.25) is 0 Å². The number of nitrogens with zero attached hydrogens (tertiary/aromatic N) is 3. The number of ether oxygens (including phenoxy) is 1. The number of carbonyl (C=O) groups is 2. The highest BCUT2D eigenvalue weighted by atomic mass is 35.5. The summed E-state index contributed by atoms with van der Waals surface area (Å²) in [6.07, 6.45) is 2.91. The summed E-state index contributed by atoms with van der Waals surface area (Å²) < 4.78 is 7.36. The zero-order valence-electron chi connectivity index (χ0n) is 15.0. The number of hydrogen-bond donors (Lipinski definition) is 1. The van der Waals surface area contributed by atoms with Crippen molar-refractivity contribution in [3.05, 3.63) is 40.8 Å². The lowest BCUT2D eigenvalue weighted by Crippen LogP contribution is -2.42. The maximum absolute atomic E-state index is 12.4. The van der Waals surface area contributed by atoms with Gasteiger partial charge in [0.15, 0.2) is 0 Å². The third kappa shape index (κ3) is 3.39. The van der Waals surface area contributed by atoms with Crippen LogP contribution in [0.4, 0.5) is 4.79 Å². The van der Waals surface area contributed by atoms with E-state index in [2.05, 4.69) is 4.98 Å². The van der Waals surface area contributed by atoms with Crippen molar-refractivity contribution in [3.63, 3.8) is 0 Å². The molecule has 0 saturated carbocycles. The van der Waals surface area contributed by atoms with E-state index in [1.54, 1.807) is 23.4 Å². The van der Waals surface area contributed by atoms with E-state index < -0.39 is 17.6 Å². The molecule has 0 radical (unpaired) electrons. The molecule has 7 nitrogen and oxygen atoms in total. The molecule has 0 saturated heterocycles. The maximum atomic E-state index is 12.4. The van der Waals surface area contributed by atoms with Crippen molar-refractivity contribution in [1.82, 2.24) is 14.5 Å². The van der Waals surface area contributed by atoms with Crippen LogP contribution in [-0.2, 0) is 17.8 Å². The lowest BCUT2D eigenvalue weighted by molar-refractivity contribution is 0.0198. The Labute approximate surface area is 156 Å². The highest BCUT2D eigenvalue weighted by Crippen LogP contribution is 2.37. The molecule has 3 rings (SSSR count). The number of rotatable bonds is 2. The molecule has 0 unspecified atom stereocenters. The number of nitrogens with two attached hydrogens (primary N) is 1. The topological polar surface area (TPSA) is 90.5 Å². The standard InChI is InChI=1S/C18H21ClN4O3/c1-18(2,3)26-17(25)22-7-8-23-12(10-22)13(16(20)24)14(19)15(23)11-5-4-6-21-9-11/h4-6,9H,7-8,10H2,1-3H3,(H2,20,24). The van der Waals surface area contributed by atoms with Crippen LogP contribution in [-0.4, -0.2) is 38.6 Å². The first-order chi connectivity index (χ1) is 12.2. The van der Waals surface area contributed by atoms with Crippen LogP contribution < -0.4 is 5.73 Å². The zero-order chi connectivity index (χ0) is 19.1. The zero-order valence-corrected chi connectivity index (χ0v) is 15.7. The largest absolute Gasteiger partial charge is 0.444 e. The number of halogens is 1. The average molecular weight is 377 g/mol. The number of carbonyl (C=O) groups excluding carboxylic acids is 2. The van der Waals surface area contributed by atoms with E-state index in [1.807, 2.05) is 31.4 Å². The average Bonchev–Trinajstić information content (AvgIpc) is 2.85. The van der Waals surface area contributed by atoms with Gasteiger partial charge in [0.1, 0.15) is 5.60 Å². The molecular weight excluding hydrogens is 356 g/mol. The summed E-state index contributed by atoms with van der Waals surface area (Å²) in [5, 5.41) is 0.284. The maximum Gasteiger partial charge on any atom is 0.410 e. The molecule has 0 bridgehead atoms. The van der Waals surface area contributed by atoms with Crippen molar-refractivity contribution in [2.75, 3.05) is 6.54 Å². The number of amides is 2. The predicted octanol–water partition coefficient (Wildman–Crippen LogP) is 3.05. The van der Waals surface area contributed by atoms with E-state index in [-0.39, 0.29) is 17.1 Å². The van der Waals surface area contributed by atoms with Gasteiger partial charge in [0.25, 0.3) is 5.91 Å². The SMILES string of the molecule is CC(C)(C)OC(=O)N1CCn2c(c(C(N)=O)c(Cl)c2-c2cccnc2)C1. The molecule has 1 aliphatic rings. The van der Waals surface area contributed by atoms with E-state index in [0.717, 1.165) is 5.56 Å². The van der Waals surface area contributed by atoms with Crippen LogP contribution in [0.15, 0.2) is 24.5 Å². The fourth-order valence-electron chi connectivity index (χ4n) is 3.04. The number of primary amides is 1. The molecule has 2 amide bonds. The second kappa shape index (κ2) is 6.64. The van der Waals surface area contributed by atoms with Crippen molar-refractivity contribution in [3.8, 4) is 11.3 Å². The smallest absolute Gasteiger partial charge is 0.410 e. The first kappa shape index (κ1) is 18.3. The van der Waals surface area contributed by atoms with Gasteiger partial charge in [-0.25, -0.2) is 4.79 Å². The van der Waals surface area contributed by atoms with Crippen LogP contribution in [0.25, 0.3) is 11.3 Å². The Bertz CT molecular complexity index is 856. The number of hydrogen-bond acceptors (Lipinski definition) is 4. The summed E-state index contributed by atoms with van der Waals surface area (Å²) in [5.41, 5.74) is 7.29. The van der Waals surface area contributed by atoms with Gasteiger partial charge in [-0.15, -0.1) is 0 Å². The van der Waals surface area contributed by atoms with Crippen molar-refractivity contribution in [2.45, 2.75) is 39.5 Å². The molecule has 0 aromatic carbocycles. The van der Waals surface area contributed by atoms with E-state index in [9.17, 15) is 9.59 Å². The van der Waals surface area contributed by atoms with Crippen LogP contribution >= 0.6 is 11.6 Å². The molecule has 3 heterocycles. The first-order valence-corrected chi connectivity index (χ1v) is 8.66. The lowest BCUT2D eigenvalue weighted by Gasteiger charge is -2.32. The van der Waals surface area contributed by atoms with Gasteiger partial charge in [-0.1, -0.05) is 11.6 Å². The fraction of sp³-hybridized carbons (Fsp3) is 0.389. The highest BCUT2D eigenvalue weighted by Gasteiger charge is 2.33. The van der Waals surface area contributed by atoms with Crippen LogP contribution in [0, 0.1) is 0 Å². The van der Waals surface area contributed by atoms with Gasteiger partial charge in [-0.3, -0.25) is 9.78 Å². The Balaban J connectivity index is 2.03.